The molecule has 1 heterocycles. The molecule has 0 spiro atoms. The molecule has 0 radical (unpaired) electrons. The van der Waals surface area contributed by atoms with Crippen LogP contribution in [0.3, 0.4) is 0 Å². The molecule has 9 heteroatoms. The van der Waals surface area contributed by atoms with E-state index in [1.54, 1.807) is 0 Å². The Morgan fingerprint density at radius 1 is 0.614 bits per heavy atom. The first-order chi connectivity index (χ1) is 28.0. The molecule has 0 aromatic carbocycles. The zero-order valence-electron chi connectivity index (χ0n) is 38.0. The summed E-state index contributed by atoms with van der Waals surface area (Å²) in [7, 11) is 0. The van der Waals surface area contributed by atoms with Crippen molar-refractivity contribution in [3.8, 4) is 0 Å². The van der Waals surface area contributed by atoms with Gasteiger partial charge in [-0.25, -0.2) is 0 Å². The summed E-state index contributed by atoms with van der Waals surface area (Å²) in [6.45, 7) is 11.0. The predicted octanol–water partition coefficient (Wildman–Crippen LogP) is 12.8. The maximum absolute atomic E-state index is 12.8. The van der Waals surface area contributed by atoms with Gasteiger partial charge in [0.15, 0.2) is 0 Å². The smallest absolute Gasteiger partial charge is 0.306 e. The van der Waals surface area contributed by atoms with Crippen LogP contribution in [0.25, 0.3) is 0 Å². The topological polar surface area (TPSA) is 114 Å². The molecule has 0 atom stereocenters. The lowest BCUT2D eigenvalue weighted by molar-refractivity contribution is -0.150. The molecule has 0 fully saturated rings. The van der Waals surface area contributed by atoms with Crippen molar-refractivity contribution in [2.75, 3.05) is 32.8 Å². The van der Waals surface area contributed by atoms with E-state index < -0.39 is 0 Å². The Hall–Kier alpha value is -1.84. The standard InChI is InChI=1S/C47H94N4O3.CH2O2/c1-4-7-10-13-16-17-18-19-20-21-22-23-28-33-39-50(41-35-42-51-43-45(44-52)48-49-51)40-34-29-24-27-32-38-47(53)54-46(36-30-25-14-11-8-5-2)37-31-26-15-12-9-6-3;2-1-3/h43,46,48-49,52H,4-42,44H2,1-3H3;1H,(H,2,3). The van der Waals surface area contributed by atoms with Gasteiger partial charge in [-0.15, -0.1) is 5.53 Å². The second-order valence-electron chi connectivity index (χ2n) is 16.9. The fraction of sp³-hybridized carbons (Fsp3) is 0.917. The number of carbonyl (C=O) groups excluding carboxylic acids is 1. The molecular weight excluding hydrogens is 713 g/mol. The van der Waals surface area contributed by atoms with E-state index in [0.717, 1.165) is 50.9 Å². The van der Waals surface area contributed by atoms with E-state index >= 15 is 0 Å². The van der Waals surface area contributed by atoms with Gasteiger partial charge in [0.05, 0.1) is 12.3 Å². The average molecular weight is 809 g/mol. The van der Waals surface area contributed by atoms with Gasteiger partial charge in [-0.05, 0) is 71.0 Å². The molecule has 0 bridgehead atoms. The first-order valence-electron chi connectivity index (χ1n) is 24.6. The van der Waals surface area contributed by atoms with Crippen LogP contribution in [0.2, 0.25) is 0 Å². The number of aliphatic hydroxyl groups is 1. The fourth-order valence-corrected chi connectivity index (χ4v) is 7.87. The Morgan fingerprint density at radius 2 is 0.982 bits per heavy atom. The number of nitrogens with one attached hydrogen (secondary N) is 2. The van der Waals surface area contributed by atoms with Crippen LogP contribution in [0.15, 0.2) is 11.9 Å². The van der Waals surface area contributed by atoms with Gasteiger partial charge in [0.1, 0.15) is 6.10 Å². The Labute approximate surface area is 353 Å². The number of carboxylic acid groups (broad SMARTS) is 1. The monoisotopic (exact) mass is 809 g/mol. The lowest BCUT2D eigenvalue weighted by Gasteiger charge is -2.24. The number of ether oxygens (including phenoxy) is 1. The molecule has 0 saturated carbocycles. The van der Waals surface area contributed by atoms with Crippen molar-refractivity contribution in [1.82, 2.24) is 20.9 Å². The van der Waals surface area contributed by atoms with Gasteiger partial charge >= 0.3 is 5.97 Å². The molecule has 0 aromatic rings. The second kappa shape index (κ2) is 45.2. The van der Waals surface area contributed by atoms with Gasteiger partial charge in [-0.1, -0.05) is 188 Å². The summed E-state index contributed by atoms with van der Waals surface area (Å²) < 4.78 is 6.08. The van der Waals surface area contributed by atoms with Gasteiger partial charge in [0.2, 0.25) is 0 Å². The molecule has 338 valence electrons. The first kappa shape index (κ1) is 55.2. The lowest BCUT2D eigenvalue weighted by atomic mass is 10.0. The molecule has 0 aromatic heterocycles. The number of nitrogens with zero attached hydrogens (tertiary/aromatic N) is 2. The third-order valence-corrected chi connectivity index (χ3v) is 11.5. The minimum atomic E-state index is -0.250. The van der Waals surface area contributed by atoms with E-state index in [0.29, 0.717) is 6.42 Å². The predicted molar refractivity (Wildman–Crippen MR) is 242 cm³/mol. The number of hydrogen-bond acceptors (Lipinski definition) is 8. The summed E-state index contributed by atoms with van der Waals surface area (Å²) in [6, 6.07) is 0. The average Bonchev–Trinajstić information content (AvgIpc) is 3.68. The SMILES string of the molecule is CCCCCCCCCCCCCCCCN(CCCCCCCC(=O)OC(CCCCCCCC)CCCCCCCC)CCCN1C=C(CO)NN1.O=CO. The summed E-state index contributed by atoms with van der Waals surface area (Å²) in [4.78, 5) is 23.9. The summed E-state index contributed by atoms with van der Waals surface area (Å²) in [5.74, 6) is 0.0416. The van der Waals surface area contributed by atoms with Crippen LogP contribution in [-0.2, 0) is 14.3 Å². The largest absolute Gasteiger partial charge is 0.483 e. The van der Waals surface area contributed by atoms with Crippen LogP contribution < -0.4 is 11.0 Å². The molecule has 0 amide bonds. The van der Waals surface area contributed by atoms with E-state index in [9.17, 15) is 9.90 Å². The third-order valence-electron chi connectivity index (χ3n) is 11.5. The van der Waals surface area contributed by atoms with E-state index in [1.165, 1.54) is 199 Å². The normalized spacial score (nSPS) is 12.5. The van der Waals surface area contributed by atoms with Gasteiger partial charge in [-0.3, -0.25) is 14.6 Å². The summed E-state index contributed by atoms with van der Waals surface area (Å²) in [5, 5.41) is 18.3. The zero-order chi connectivity index (χ0) is 41.7. The van der Waals surface area contributed by atoms with E-state index in [1.807, 2.05) is 11.2 Å². The van der Waals surface area contributed by atoms with Gasteiger partial charge in [0, 0.05) is 19.2 Å². The van der Waals surface area contributed by atoms with Crippen LogP contribution in [-0.4, -0.2) is 71.5 Å². The molecular formula is C48H96N4O5. The van der Waals surface area contributed by atoms with Crippen LogP contribution in [0.5, 0.6) is 0 Å². The summed E-state index contributed by atoms with van der Waals surface area (Å²) in [5.41, 5.74) is 6.98. The van der Waals surface area contributed by atoms with Crippen molar-refractivity contribution in [1.29, 1.82) is 0 Å². The van der Waals surface area contributed by atoms with Crippen molar-refractivity contribution >= 4 is 12.4 Å². The Bertz CT molecular complexity index is 860. The van der Waals surface area contributed by atoms with Crippen molar-refractivity contribution < 1.29 is 24.5 Å². The van der Waals surface area contributed by atoms with E-state index in [4.69, 9.17) is 14.6 Å². The molecule has 1 aliphatic rings. The van der Waals surface area contributed by atoms with E-state index in [-0.39, 0.29) is 25.2 Å². The Balaban J connectivity index is 0.0000101. The first-order valence-corrected chi connectivity index (χ1v) is 24.6. The number of rotatable bonds is 43. The van der Waals surface area contributed by atoms with Gasteiger partial charge in [0.25, 0.3) is 6.47 Å². The molecule has 0 aliphatic carbocycles. The van der Waals surface area contributed by atoms with Crippen molar-refractivity contribution in [2.24, 2.45) is 0 Å². The molecule has 0 saturated heterocycles. The molecule has 0 unspecified atom stereocenters. The van der Waals surface area contributed by atoms with E-state index in [2.05, 4.69) is 36.6 Å². The number of hydrogen-bond donors (Lipinski definition) is 4. The van der Waals surface area contributed by atoms with Crippen LogP contribution >= 0.6 is 0 Å². The summed E-state index contributed by atoms with van der Waals surface area (Å²) in [6.07, 6.45) is 46.8. The van der Waals surface area contributed by atoms with Gasteiger partial charge in [-0.2, -0.15) is 0 Å². The minimum Gasteiger partial charge on any atom is -0.483 e. The van der Waals surface area contributed by atoms with Crippen LogP contribution in [0, 0.1) is 0 Å². The molecule has 4 N–H and O–H groups in total. The zero-order valence-corrected chi connectivity index (χ0v) is 38.0. The lowest BCUT2D eigenvalue weighted by Crippen LogP contribution is -2.38. The summed E-state index contributed by atoms with van der Waals surface area (Å²) >= 11 is 0. The molecule has 57 heavy (non-hydrogen) atoms. The second-order valence-corrected chi connectivity index (χ2v) is 16.9. The highest BCUT2D eigenvalue weighted by Crippen LogP contribution is 2.19. The molecule has 1 rings (SSSR count). The highest BCUT2D eigenvalue weighted by Gasteiger charge is 2.15. The third kappa shape index (κ3) is 39.4. The number of unbranched alkanes of at least 4 members (excludes halogenated alkanes) is 27. The molecule has 1 aliphatic heterocycles. The number of hydrazine groups is 2. The number of carbonyl (C=O) groups is 2. The van der Waals surface area contributed by atoms with Gasteiger partial charge < -0.3 is 25.3 Å². The van der Waals surface area contributed by atoms with Crippen LogP contribution in [0.1, 0.15) is 245 Å². The van der Waals surface area contributed by atoms with Crippen molar-refractivity contribution in [3.05, 3.63) is 11.9 Å². The highest BCUT2D eigenvalue weighted by molar-refractivity contribution is 5.69. The molecule has 9 nitrogen and oxygen atoms in total. The number of esters is 1. The van der Waals surface area contributed by atoms with Crippen LogP contribution in [0.4, 0.5) is 0 Å². The Kier molecular flexibility index (Phi) is 43.8. The minimum absolute atomic E-state index is 0.0367. The number of aliphatic hydroxyl groups excluding tert-OH is 1. The van der Waals surface area contributed by atoms with Crippen molar-refractivity contribution in [3.63, 3.8) is 0 Å². The quantitative estimate of drug-likeness (QED) is 0.0271. The maximum Gasteiger partial charge on any atom is 0.306 e. The highest BCUT2D eigenvalue weighted by atomic mass is 16.5. The maximum atomic E-state index is 12.8. The Morgan fingerprint density at radius 3 is 1.39 bits per heavy atom. The fourth-order valence-electron chi connectivity index (χ4n) is 7.87. The van der Waals surface area contributed by atoms with Crippen molar-refractivity contribution in [2.45, 2.75) is 252 Å².